The average Bonchev–Trinajstić information content (AvgIpc) is 2.86. The van der Waals surface area contributed by atoms with Crippen LogP contribution >= 0.6 is 8.69 Å². The monoisotopic (exact) mass is 496 g/mol. The molecule has 0 aliphatic carbocycles. The zero-order valence-electron chi connectivity index (χ0n) is 21.6. The van der Waals surface area contributed by atoms with Gasteiger partial charge >= 0.3 is 8.69 Å². The average molecular weight is 497 g/mol. The van der Waals surface area contributed by atoms with E-state index >= 15 is 0 Å². The second-order valence-corrected chi connectivity index (χ2v) is 8.72. The van der Waals surface area contributed by atoms with E-state index in [1.807, 2.05) is 32.9 Å². The van der Waals surface area contributed by atoms with Crippen LogP contribution in [0.5, 0.6) is 0 Å². The second kappa shape index (κ2) is 17.7. The normalized spacial score (nSPS) is 14.7. The lowest BCUT2D eigenvalue weighted by Crippen LogP contribution is -2.41. The van der Waals surface area contributed by atoms with E-state index in [1.54, 1.807) is 6.08 Å². The van der Waals surface area contributed by atoms with Gasteiger partial charge in [-0.1, -0.05) is 55.2 Å². The lowest BCUT2D eigenvalue weighted by molar-refractivity contribution is 0.243. The van der Waals surface area contributed by atoms with E-state index in [1.165, 1.54) is 5.56 Å². The number of ether oxygens (including phenoxy) is 1. The summed E-state index contributed by atoms with van der Waals surface area (Å²) in [6, 6.07) is 8.14. The molecule has 6 heteroatoms. The summed E-state index contributed by atoms with van der Waals surface area (Å²) in [6.45, 7) is 16.9. The molecule has 35 heavy (non-hydrogen) atoms. The third-order valence-electron chi connectivity index (χ3n) is 5.55. The summed E-state index contributed by atoms with van der Waals surface area (Å²) in [5.41, 5.74) is 11.7. The van der Waals surface area contributed by atoms with Crippen molar-refractivity contribution in [2.24, 2.45) is 5.73 Å². The first-order valence-corrected chi connectivity index (χ1v) is 12.8. The summed E-state index contributed by atoms with van der Waals surface area (Å²) in [6.07, 6.45) is 15.0. The lowest BCUT2D eigenvalue weighted by atomic mass is 10.0. The molecule has 190 valence electrons. The van der Waals surface area contributed by atoms with Gasteiger partial charge in [-0.2, -0.15) is 0 Å². The van der Waals surface area contributed by atoms with E-state index in [0.29, 0.717) is 6.61 Å². The zero-order valence-corrected chi connectivity index (χ0v) is 22.5. The molecule has 0 aliphatic heterocycles. The molecule has 2 atom stereocenters. The molecule has 0 aliphatic rings. The number of nitrogens with two attached hydrogens (primary N) is 1. The van der Waals surface area contributed by atoms with Crippen molar-refractivity contribution in [1.29, 1.82) is 0 Å². The first-order valence-electron chi connectivity index (χ1n) is 12.1. The van der Waals surface area contributed by atoms with Crippen LogP contribution in [0, 0.1) is 0 Å². The van der Waals surface area contributed by atoms with Crippen LogP contribution in [0.25, 0.3) is 0 Å². The molecular weight excluding hydrogens is 455 g/mol. The fourth-order valence-electron chi connectivity index (χ4n) is 3.31. The molecule has 0 saturated carbocycles. The highest BCUT2D eigenvalue weighted by Gasteiger charge is 2.12. The number of aryl methyl sites for hydroxylation is 1. The molecule has 5 nitrogen and oxygen atoms in total. The molecule has 1 aromatic rings. The Morgan fingerprint density at radius 2 is 1.94 bits per heavy atom. The molecule has 0 unspecified atom stereocenters. The SMILES string of the molecule is C=C/C(=C\C=C(/C)C(=CC)/C=C\C(=C)CCCc1ccc(N[C@H](C)[C@@H](N)COP=O)cc1)OCC. The Morgan fingerprint density at radius 1 is 1.23 bits per heavy atom. The number of hydrogen-bond donors (Lipinski definition) is 2. The summed E-state index contributed by atoms with van der Waals surface area (Å²) in [5, 5.41) is 3.36. The maximum Gasteiger partial charge on any atom is 0.327 e. The number of rotatable bonds is 17. The molecule has 0 spiro atoms. The van der Waals surface area contributed by atoms with Gasteiger partial charge in [-0.15, -0.1) is 0 Å². The number of anilines is 1. The highest BCUT2D eigenvalue weighted by molar-refractivity contribution is 7.17. The number of hydrogen-bond acceptors (Lipinski definition) is 5. The minimum Gasteiger partial charge on any atom is -0.494 e. The summed E-state index contributed by atoms with van der Waals surface area (Å²) in [7, 11) is -0.343. The standard InChI is InChI=1S/C29H41N2O3P/c1-7-26(23(5)14-20-28(8-2)33-9-3)17-13-22(4)11-10-12-25-15-18-27(19-16-25)31-24(6)29(30)21-34-35-32/h7-8,13-20,24,29,31H,2,4,9-12,21,30H2,1,3,5-6H3/b17-13-,23-14+,26-7?,28-20+/t24-,29+/m1/s1. The Bertz CT molecular complexity index is 930. The fourth-order valence-corrected chi connectivity index (χ4v) is 3.54. The van der Waals surface area contributed by atoms with E-state index in [0.717, 1.165) is 47.4 Å². The summed E-state index contributed by atoms with van der Waals surface area (Å²) >= 11 is 0. The van der Waals surface area contributed by atoms with Crippen molar-refractivity contribution in [2.75, 3.05) is 18.5 Å². The van der Waals surface area contributed by atoms with Crippen LogP contribution < -0.4 is 11.1 Å². The Kier molecular flexibility index (Phi) is 15.3. The van der Waals surface area contributed by atoms with Crippen molar-refractivity contribution < 1.29 is 13.8 Å². The number of benzene rings is 1. The predicted octanol–water partition coefficient (Wildman–Crippen LogP) is 7.47. The molecule has 0 radical (unpaired) electrons. The van der Waals surface area contributed by atoms with Crippen LogP contribution in [-0.4, -0.2) is 25.3 Å². The van der Waals surface area contributed by atoms with Crippen molar-refractivity contribution in [1.82, 2.24) is 0 Å². The molecule has 0 aromatic heterocycles. The maximum atomic E-state index is 10.4. The van der Waals surface area contributed by atoms with Gasteiger partial charge in [-0.3, -0.25) is 4.52 Å². The minimum atomic E-state index is -0.343. The Balaban J connectivity index is 2.53. The van der Waals surface area contributed by atoms with Crippen LogP contribution in [-0.2, 0) is 20.2 Å². The molecule has 0 amide bonds. The van der Waals surface area contributed by atoms with Crippen molar-refractivity contribution in [3.8, 4) is 0 Å². The molecule has 0 heterocycles. The van der Waals surface area contributed by atoms with E-state index in [4.69, 9.17) is 15.0 Å². The molecule has 0 bridgehead atoms. The van der Waals surface area contributed by atoms with Gasteiger partial charge in [0, 0.05) is 17.8 Å². The van der Waals surface area contributed by atoms with Gasteiger partial charge in [0.05, 0.1) is 13.2 Å². The van der Waals surface area contributed by atoms with Crippen molar-refractivity contribution in [3.05, 3.63) is 102 Å². The first kappa shape index (κ1) is 30.3. The van der Waals surface area contributed by atoms with Crippen molar-refractivity contribution in [2.45, 2.75) is 59.0 Å². The molecule has 3 N–H and O–H groups in total. The topological polar surface area (TPSA) is 73.6 Å². The third-order valence-corrected chi connectivity index (χ3v) is 5.80. The quantitative estimate of drug-likeness (QED) is 0.133. The number of nitrogens with one attached hydrogen (secondary N) is 1. The molecule has 1 rings (SSSR count). The summed E-state index contributed by atoms with van der Waals surface area (Å²) < 4.78 is 20.8. The fraction of sp³-hybridized carbons (Fsp3) is 0.379. The highest BCUT2D eigenvalue weighted by atomic mass is 31.1. The Morgan fingerprint density at radius 3 is 2.54 bits per heavy atom. The summed E-state index contributed by atoms with van der Waals surface area (Å²) in [4.78, 5) is 0. The van der Waals surface area contributed by atoms with E-state index in [2.05, 4.69) is 67.9 Å². The minimum absolute atomic E-state index is 0.00277. The van der Waals surface area contributed by atoms with Crippen LogP contribution in [0.15, 0.2) is 96.4 Å². The smallest absolute Gasteiger partial charge is 0.327 e. The largest absolute Gasteiger partial charge is 0.494 e. The van der Waals surface area contributed by atoms with Gasteiger partial charge in [0.1, 0.15) is 5.76 Å². The van der Waals surface area contributed by atoms with Crippen LogP contribution in [0.4, 0.5) is 5.69 Å². The van der Waals surface area contributed by atoms with Gasteiger partial charge in [-0.25, -0.2) is 4.57 Å². The molecule has 0 saturated heterocycles. The Hall–Kier alpha value is -2.72. The van der Waals surface area contributed by atoms with Crippen LogP contribution in [0.3, 0.4) is 0 Å². The zero-order chi connectivity index (χ0) is 26.1. The maximum absolute atomic E-state index is 10.4. The van der Waals surface area contributed by atoms with Crippen molar-refractivity contribution in [3.63, 3.8) is 0 Å². The van der Waals surface area contributed by atoms with Gasteiger partial charge in [0.2, 0.25) is 0 Å². The van der Waals surface area contributed by atoms with Crippen LogP contribution in [0.1, 0.15) is 46.1 Å². The highest BCUT2D eigenvalue weighted by Crippen LogP contribution is 2.17. The van der Waals surface area contributed by atoms with Gasteiger partial charge in [0.15, 0.2) is 0 Å². The van der Waals surface area contributed by atoms with Gasteiger partial charge < -0.3 is 15.8 Å². The van der Waals surface area contributed by atoms with E-state index in [-0.39, 0.29) is 27.4 Å². The predicted molar refractivity (Wildman–Crippen MR) is 150 cm³/mol. The molecule has 0 fully saturated rings. The van der Waals surface area contributed by atoms with E-state index in [9.17, 15) is 4.57 Å². The number of allylic oxidation sites excluding steroid dienone is 9. The first-order chi connectivity index (χ1) is 16.8. The van der Waals surface area contributed by atoms with Crippen LogP contribution in [0.2, 0.25) is 0 Å². The van der Waals surface area contributed by atoms with E-state index < -0.39 is 0 Å². The lowest BCUT2D eigenvalue weighted by Gasteiger charge is -2.21. The van der Waals surface area contributed by atoms with Gasteiger partial charge in [0.25, 0.3) is 0 Å². The third kappa shape index (κ3) is 12.5. The molecule has 1 aromatic carbocycles. The van der Waals surface area contributed by atoms with Crippen molar-refractivity contribution >= 4 is 14.4 Å². The van der Waals surface area contributed by atoms with Gasteiger partial charge in [-0.05, 0) is 88.0 Å². The molecular formula is C29H41N2O3P. The summed E-state index contributed by atoms with van der Waals surface area (Å²) in [5.74, 6) is 0.766. The second-order valence-electron chi connectivity index (χ2n) is 8.31. The Labute approximate surface area is 213 Å².